The van der Waals surface area contributed by atoms with Crippen molar-refractivity contribution in [3.05, 3.63) is 64.5 Å². The van der Waals surface area contributed by atoms with Crippen LogP contribution in [0.5, 0.6) is 0 Å². The van der Waals surface area contributed by atoms with Crippen molar-refractivity contribution in [2.75, 3.05) is 0 Å². The van der Waals surface area contributed by atoms with Crippen molar-refractivity contribution in [1.82, 2.24) is 4.57 Å². The van der Waals surface area contributed by atoms with Gasteiger partial charge in [-0.25, -0.2) is 9.18 Å². The molecule has 2 aromatic carbocycles. The molecule has 1 N–H and O–H groups in total. The number of benzene rings is 2. The first-order valence-electron chi connectivity index (χ1n) is 5.86. The first-order valence-corrected chi connectivity index (χ1v) is 6.65. The Bertz CT molecular complexity index is 809. The van der Waals surface area contributed by atoms with Crippen LogP contribution < -0.4 is 0 Å². The first kappa shape index (κ1) is 12.9. The van der Waals surface area contributed by atoms with Crippen LogP contribution in [0.2, 0.25) is 0 Å². The molecule has 0 saturated heterocycles. The van der Waals surface area contributed by atoms with E-state index in [9.17, 15) is 9.18 Å². The van der Waals surface area contributed by atoms with Crippen LogP contribution in [0.15, 0.2) is 53.1 Å². The van der Waals surface area contributed by atoms with Crippen LogP contribution in [0, 0.1) is 5.82 Å². The Balaban J connectivity index is 2.27. The molecule has 3 nitrogen and oxygen atoms in total. The zero-order chi connectivity index (χ0) is 14.3. The Morgan fingerprint density at radius 1 is 1.15 bits per heavy atom. The van der Waals surface area contributed by atoms with Crippen LogP contribution in [-0.2, 0) is 0 Å². The third-order valence-electron chi connectivity index (χ3n) is 3.11. The highest BCUT2D eigenvalue weighted by Crippen LogP contribution is 2.29. The van der Waals surface area contributed by atoms with Crippen LogP contribution in [-0.4, -0.2) is 15.6 Å². The molecule has 0 aliphatic heterocycles. The molecule has 0 spiro atoms. The number of fused-ring (bicyclic) bond motifs is 1. The second-order valence-electron chi connectivity index (χ2n) is 4.36. The lowest BCUT2D eigenvalue weighted by atomic mass is 10.1. The molecule has 100 valence electrons. The first-order chi connectivity index (χ1) is 9.56. The van der Waals surface area contributed by atoms with Gasteiger partial charge in [0.2, 0.25) is 0 Å². The largest absolute Gasteiger partial charge is 0.478 e. The standard InChI is InChI=1S/C15H9BrFNO2/c16-13-8-18(11-4-2-10(17)3-5-11)14-7-9(15(19)20)1-6-12(13)14/h1-8H,(H,19,20). The molecule has 0 radical (unpaired) electrons. The normalized spacial score (nSPS) is 10.9. The Hall–Kier alpha value is -2.14. The lowest BCUT2D eigenvalue weighted by Gasteiger charge is -2.05. The summed E-state index contributed by atoms with van der Waals surface area (Å²) < 4.78 is 15.7. The van der Waals surface area contributed by atoms with Gasteiger partial charge in [-0.1, -0.05) is 6.07 Å². The molecule has 0 unspecified atom stereocenters. The maximum atomic E-state index is 13.0. The SMILES string of the molecule is O=C(O)c1ccc2c(Br)cn(-c3ccc(F)cc3)c2c1. The number of carboxylic acid groups (broad SMARTS) is 1. The van der Waals surface area contributed by atoms with E-state index in [4.69, 9.17) is 5.11 Å². The van der Waals surface area contributed by atoms with Gasteiger partial charge in [0.25, 0.3) is 0 Å². The molecule has 0 bridgehead atoms. The summed E-state index contributed by atoms with van der Waals surface area (Å²) in [6, 6.07) is 11.0. The van der Waals surface area contributed by atoms with Crippen LogP contribution in [0.4, 0.5) is 4.39 Å². The van der Waals surface area contributed by atoms with Crippen LogP contribution in [0.25, 0.3) is 16.6 Å². The zero-order valence-corrected chi connectivity index (χ0v) is 11.8. The van der Waals surface area contributed by atoms with Crippen LogP contribution >= 0.6 is 15.9 Å². The number of aromatic carboxylic acids is 1. The maximum Gasteiger partial charge on any atom is 0.335 e. The van der Waals surface area contributed by atoms with E-state index in [1.54, 1.807) is 30.3 Å². The fraction of sp³-hybridized carbons (Fsp3) is 0. The molecule has 3 rings (SSSR count). The monoisotopic (exact) mass is 333 g/mol. The summed E-state index contributed by atoms with van der Waals surface area (Å²) in [5, 5.41) is 9.98. The molecular weight excluding hydrogens is 325 g/mol. The number of nitrogens with zero attached hydrogens (tertiary/aromatic N) is 1. The molecule has 0 fully saturated rings. The van der Waals surface area contributed by atoms with Gasteiger partial charge in [-0.3, -0.25) is 0 Å². The van der Waals surface area contributed by atoms with Crippen molar-refractivity contribution in [3.8, 4) is 5.69 Å². The van der Waals surface area contributed by atoms with Crippen molar-refractivity contribution < 1.29 is 14.3 Å². The molecule has 0 saturated carbocycles. The number of hydrogen-bond donors (Lipinski definition) is 1. The van der Waals surface area contributed by atoms with Gasteiger partial charge in [0.1, 0.15) is 5.82 Å². The average Bonchev–Trinajstić information content (AvgIpc) is 2.76. The molecule has 0 atom stereocenters. The summed E-state index contributed by atoms with van der Waals surface area (Å²) in [6.45, 7) is 0. The molecular formula is C15H9BrFNO2. The highest BCUT2D eigenvalue weighted by molar-refractivity contribution is 9.10. The van der Waals surface area contributed by atoms with Gasteiger partial charge >= 0.3 is 5.97 Å². The molecule has 1 heterocycles. The Labute approximate surface area is 122 Å². The molecule has 0 aliphatic carbocycles. The predicted octanol–water partition coefficient (Wildman–Crippen LogP) is 4.23. The van der Waals surface area contributed by atoms with Crippen molar-refractivity contribution in [2.45, 2.75) is 0 Å². The molecule has 1 aromatic heterocycles. The summed E-state index contributed by atoms with van der Waals surface area (Å²) in [5.41, 5.74) is 1.74. The van der Waals surface area contributed by atoms with E-state index in [0.717, 1.165) is 21.1 Å². The lowest BCUT2D eigenvalue weighted by Crippen LogP contribution is -1.97. The Morgan fingerprint density at radius 3 is 2.50 bits per heavy atom. The fourth-order valence-electron chi connectivity index (χ4n) is 2.13. The quantitative estimate of drug-likeness (QED) is 0.762. The second kappa shape index (κ2) is 4.76. The Morgan fingerprint density at radius 2 is 1.85 bits per heavy atom. The van der Waals surface area contributed by atoms with Gasteiger partial charge < -0.3 is 9.67 Å². The van der Waals surface area contributed by atoms with E-state index in [2.05, 4.69) is 15.9 Å². The van der Waals surface area contributed by atoms with Crippen molar-refractivity contribution in [1.29, 1.82) is 0 Å². The summed E-state index contributed by atoms with van der Waals surface area (Å²) >= 11 is 3.45. The average molecular weight is 334 g/mol. The summed E-state index contributed by atoms with van der Waals surface area (Å²) in [6.07, 6.45) is 1.84. The number of carbonyl (C=O) groups is 1. The van der Waals surface area contributed by atoms with E-state index < -0.39 is 5.97 Å². The van der Waals surface area contributed by atoms with Crippen molar-refractivity contribution in [2.24, 2.45) is 0 Å². The van der Waals surface area contributed by atoms with Gasteiger partial charge in [0.15, 0.2) is 0 Å². The number of rotatable bonds is 2. The van der Waals surface area contributed by atoms with E-state index in [-0.39, 0.29) is 11.4 Å². The predicted molar refractivity (Wildman–Crippen MR) is 77.9 cm³/mol. The smallest absolute Gasteiger partial charge is 0.335 e. The minimum absolute atomic E-state index is 0.214. The van der Waals surface area contributed by atoms with E-state index in [1.807, 2.05) is 10.8 Å². The summed E-state index contributed by atoms with van der Waals surface area (Å²) in [4.78, 5) is 11.1. The topological polar surface area (TPSA) is 42.2 Å². The van der Waals surface area contributed by atoms with Crippen LogP contribution in [0.1, 0.15) is 10.4 Å². The van der Waals surface area contributed by atoms with Crippen LogP contribution in [0.3, 0.4) is 0 Å². The van der Waals surface area contributed by atoms with Gasteiger partial charge in [-0.15, -0.1) is 0 Å². The van der Waals surface area contributed by atoms with Gasteiger partial charge in [-0.2, -0.15) is 0 Å². The van der Waals surface area contributed by atoms with Crippen molar-refractivity contribution >= 4 is 32.8 Å². The third kappa shape index (κ3) is 2.10. The number of halogens is 2. The fourth-order valence-corrected chi connectivity index (χ4v) is 2.67. The van der Waals surface area contributed by atoms with Gasteiger partial charge in [0, 0.05) is 21.7 Å². The summed E-state index contributed by atoms with van der Waals surface area (Å²) in [7, 11) is 0. The summed E-state index contributed by atoms with van der Waals surface area (Å²) in [5.74, 6) is -1.29. The lowest BCUT2D eigenvalue weighted by molar-refractivity contribution is 0.0697. The molecule has 5 heteroatoms. The molecule has 0 aliphatic rings. The van der Waals surface area contributed by atoms with E-state index >= 15 is 0 Å². The highest BCUT2D eigenvalue weighted by atomic mass is 79.9. The highest BCUT2D eigenvalue weighted by Gasteiger charge is 2.11. The third-order valence-corrected chi connectivity index (χ3v) is 3.74. The maximum absolute atomic E-state index is 13.0. The van der Waals surface area contributed by atoms with E-state index in [1.165, 1.54) is 12.1 Å². The molecule has 0 amide bonds. The number of carboxylic acids is 1. The molecule has 3 aromatic rings. The second-order valence-corrected chi connectivity index (χ2v) is 5.21. The van der Waals surface area contributed by atoms with E-state index in [0.29, 0.717) is 0 Å². The van der Waals surface area contributed by atoms with Gasteiger partial charge in [0.05, 0.1) is 11.1 Å². The molecule has 20 heavy (non-hydrogen) atoms. The minimum atomic E-state index is -0.977. The Kier molecular flexibility index (Phi) is 3.06. The zero-order valence-electron chi connectivity index (χ0n) is 10.2. The number of aromatic nitrogens is 1. The van der Waals surface area contributed by atoms with Crippen molar-refractivity contribution in [3.63, 3.8) is 0 Å². The number of hydrogen-bond acceptors (Lipinski definition) is 1. The van der Waals surface area contributed by atoms with Gasteiger partial charge in [-0.05, 0) is 52.3 Å². The minimum Gasteiger partial charge on any atom is -0.478 e.